The Bertz CT molecular complexity index is 438. The summed E-state index contributed by atoms with van der Waals surface area (Å²) >= 11 is 7.93. The molecule has 110 valence electrons. The third-order valence-corrected chi connectivity index (χ3v) is 4.85. The summed E-state index contributed by atoms with van der Waals surface area (Å²) in [4.78, 5) is 13.0. The van der Waals surface area contributed by atoms with Crippen molar-refractivity contribution in [1.29, 1.82) is 0 Å². The molecule has 1 heterocycles. The zero-order chi connectivity index (χ0) is 14.4. The number of carbonyl (C=O) groups is 1. The molecule has 1 N–H and O–H groups in total. The van der Waals surface area contributed by atoms with Gasteiger partial charge in [0.25, 0.3) is 0 Å². The fraction of sp³-hybridized carbons (Fsp3) is 0.533. The number of aliphatic carboxylic acids is 1. The SMILES string of the molecule is O=C(O)CCCCN1CCSCC1c1ccc(Cl)cc1. The van der Waals surface area contributed by atoms with Crippen LogP contribution in [0.2, 0.25) is 5.02 Å². The molecule has 3 nitrogen and oxygen atoms in total. The summed E-state index contributed by atoms with van der Waals surface area (Å²) in [7, 11) is 0. The summed E-state index contributed by atoms with van der Waals surface area (Å²) in [5.74, 6) is 1.55. The van der Waals surface area contributed by atoms with E-state index in [9.17, 15) is 4.79 Å². The summed E-state index contributed by atoms with van der Waals surface area (Å²) in [6.07, 6.45) is 1.97. The number of nitrogens with zero attached hydrogens (tertiary/aromatic N) is 1. The zero-order valence-electron chi connectivity index (χ0n) is 11.4. The van der Waals surface area contributed by atoms with Crippen molar-refractivity contribution in [3.63, 3.8) is 0 Å². The Morgan fingerprint density at radius 2 is 2.10 bits per heavy atom. The molecule has 5 heteroatoms. The molecule has 0 radical (unpaired) electrons. The largest absolute Gasteiger partial charge is 0.481 e. The molecule has 2 rings (SSSR count). The van der Waals surface area contributed by atoms with Gasteiger partial charge >= 0.3 is 5.97 Å². The molecule has 0 aliphatic carbocycles. The van der Waals surface area contributed by atoms with Crippen LogP contribution in [-0.2, 0) is 4.79 Å². The van der Waals surface area contributed by atoms with Crippen molar-refractivity contribution in [1.82, 2.24) is 4.90 Å². The molecule has 0 bridgehead atoms. The smallest absolute Gasteiger partial charge is 0.303 e. The van der Waals surface area contributed by atoms with Crippen molar-refractivity contribution >= 4 is 29.3 Å². The zero-order valence-corrected chi connectivity index (χ0v) is 13.0. The van der Waals surface area contributed by atoms with Gasteiger partial charge in [0, 0.05) is 35.5 Å². The normalized spacial score (nSPS) is 19.9. The Labute approximate surface area is 129 Å². The first-order chi connectivity index (χ1) is 9.66. The number of carboxylic acids is 1. The lowest BCUT2D eigenvalue weighted by atomic mass is 10.1. The molecule has 1 aromatic rings. The lowest BCUT2D eigenvalue weighted by Crippen LogP contribution is -2.36. The highest BCUT2D eigenvalue weighted by Crippen LogP contribution is 2.30. The van der Waals surface area contributed by atoms with Crippen LogP contribution in [0.5, 0.6) is 0 Å². The summed E-state index contributed by atoms with van der Waals surface area (Å²) in [6.45, 7) is 2.05. The molecule has 1 aliphatic heterocycles. The van der Waals surface area contributed by atoms with Crippen molar-refractivity contribution in [2.45, 2.75) is 25.3 Å². The minimum Gasteiger partial charge on any atom is -0.481 e. The third-order valence-electron chi connectivity index (χ3n) is 3.58. The first-order valence-electron chi connectivity index (χ1n) is 6.96. The van der Waals surface area contributed by atoms with Crippen LogP contribution in [0, 0.1) is 0 Å². The average Bonchev–Trinajstić information content (AvgIpc) is 2.45. The van der Waals surface area contributed by atoms with Gasteiger partial charge in [-0.05, 0) is 37.1 Å². The number of hydrogen-bond acceptors (Lipinski definition) is 3. The summed E-state index contributed by atoms with van der Waals surface area (Å²) in [6, 6.07) is 8.51. The van der Waals surface area contributed by atoms with Gasteiger partial charge in [-0.15, -0.1) is 0 Å². The van der Waals surface area contributed by atoms with Crippen LogP contribution in [0.4, 0.5) is 0 Å². The van der Waals surface area contributed by atoms with E-state index in [-0.39, 0.29) is 6.42 Å². The maximum Gasteiger partial charge on any atom is 0.303 e. The van der Waals surface area contributed by atoms with E-state index in [0.717, 1.165) is 42.5 Å². The van der Waals surface area contributed by atoms with E-state index >= 15 is 0 Å². The van der Waals surface area contributed by atoms with Crippen LogP contribution in [0.1, 0.15) is 30.9 Å². The average molecular weight is 314 g/mol. The molecule has 0 aromatic heterocycles. The number of thioether (sulfide) groups is 1. The topological polar surface area (TPSA) is 40.5 Å². The minimum absolute atomic E-state index is 0.272. The number of rotatable bonds is 6. The summed E-state index contributed by atoms with van der Waals surface area (Å²) in [5, 5.41) is 9.45. The predicted molar refractivity (Wildman–Crippen MR) is 84.6 cm³/mol. The van der Waals surface area contributed by atoms with Gasteiger partial charge in [0.1, 0.15) is 0 Å². The number of hydrogen-bond donors (Lipinski definition) is 1. The fourth-order valence-electron chi connectivity index (χ4n) is 2.49. The molecule has 0 spiro atoms. The molecular formula is C15H20ClNO2S. The second-order valence-electron chi connectivity index (χ2n) is 5.03. The molecule has 1 aromatic carbocycles. The molecular weight excluding hydrogens is 294 g/mol. The maximum absolute atomic E-state index is 10.5. The van der Waals surface area contributed by atoms with Crippen LogP contribution in [-0.4, -0.2) is 40.6 Å². The molecule has 1 aliphatic rings. The van der Waals surface area contributed by atoms with E-state index in [4.69, 9.17) is 16.7 Å². The molecule has 1 saturated heterocycles. The Kier molecular flexibility index (Phi) is 6.20. The van der Waals surface area contributed by atoms with Gasteiger partial charge in [-0.2, -0.15) is 11.8 Å². The van der Waals surface area contributed by atoms with E-state index in [1.165, 1.54) is 5.56 Å². The number of benzene rings is 1. The van der Waals surface area contributed by atoms with Crippen LogP contribution in [0.15, 0.2) is 24.3 Å². The second kappa shape index (κ2) is 7.91. The Hall–Kier alpha value is -0.710. The van der Waals surface area contributed by atoms with Crippen LogP contribution < -0.4 is 0 Å². The monoisotopic (exact) mass is 313 g/mol. The second-order valence-corrected chi connectivity index (χ2v) is 6.62. The maximum atomic E-state index is 10.5. The van der Waals surface area contributed by atoms with Crippen molar-refractivity contribution < 1.29 is 9.90 Å². The van der Waals surface area contributed by atoms with Gasteiger partial charge in [-0.25, -0.2) is 0 Å². The van der Waals surface area contributed by atoms with Gasteiger partial charge in [0.2, 0.25) is 0 Å². The van der Waals surface area contributed by atoms with Crippen LogP contribution >= 0.6 is 23.4 Å². The first kappa shape index (κ1) is 15.7. The van der Waals surface area contributed by atoms with E-state index in [2.05, 4.69) is 17.0 Å². The Morgan fingerprint density at radius 1 is 1.35 bits per heavy atom. The number of halogens is 1. The molecule has 20 heavy (non-hydrogen) atoms. The van der Waals surface area contributed by atoms with Crippen LogP contribution in [0.3, 0.4) is 0 Å². The highest BCUT2D eigenvalue weighted by Gasteiger charge is 2.23. The van der Waals surface area contributed by atoms with Crippen molar-refractivity contribution in [3.8, 4) is 0 Å². The lowest BCUT2D eigenvalue weighted by Gasteiger charge is -2.35. The summed E-state index contributed by atoms with van der Waals surface area (Å²) in [5.41, 5.74) is 1.31. The van der Waals surface area contributed by atoms with Crippen molar-refractivity contribution in [2.24, 2.45) is 0 Å². The summed E-state index contributed by atoms with van der Waals surface area (Å²) < 4.78 is 0. The standard InChI is InChI=1S/C15H20ClNO2S/c16-13-6-4-12(5-7-13)14-11-20-10-9-17(14)8-2-1-3-15(18)19/h4-7,14H,1-3,8-11H2,(H,18,19). The van der Waals surface area contributed by atoms with Gasteiger partial charge in [-0.1, -0.05) is 23.7 Å². The molecule has 1 unspecified atom stereocenters. The lowest BCUT2D eigenvalue weighted by molar-refractivity contribution is -0.137. The first-order valence-corrected chi connectivity index (χ1v) is 8.49. The highest BCUT2D eigenvalue weighted by molar-refractivity contribution is 7.99. The minimum atomic E-state index is -0.701. The van der Waals surface area contributed by atoms with Gasteiger partial charge in [-0.3, -0.25) is 9.69 Å². The molecule has 1 fully saturated rings. The predicted octanol–water partition coefficient (Wildman–Crippen LogP) is 3.68. The highest BCUT2D eigenvalue weighted by atomic mass is 35.5. The van der Waals surface area contributed by atoms with E-state index in [1.54, 1.807) is 0 Å². The number of unbranched alkanes of at least 4 members (excludes halogenated alkanes) is 1. The van der Waals surface area contributed by atoms with Crippen molar-refractivity contribution in [3.05, 3.63) is 34.9 Å². The van der Waals surface area contributed by atoms with E-state index < -0.39 is 5.97 Å². The van der Waals surface area contributed by atoms with E-state index in [0.29, 0.717) is 6.04 Å². The molecule has 1 atom stereocenters. The molecule has 0 amide bonds. The van der Waals surface area contributed by atoms with Gasteiger partial charge in [0.15, 0.2) is 0 Å². The van der Waals surface area contributed by atoms with Crippen LogP contribution in [0.25, 0.3) is 0 Å². The quantitative estimate of drug-likeness (QED) is 0.813. The van der Waals surface area contributed by atoms with Gasteiger partial charge in [0.05, 0.1) is 0 Å². The Morgan fingerprint density at radius 3 is 2.80 bits per heavy atom. The Balaban J connectivity index is 1.91. The molecule has 0 saturated carbocycles. The number of carboxylic acid groups (broad SMARTS) is 1. The van der Waals surface area contributed by atoms with Crippen molar-refractivity contribution in [2.75, 3.05) is 24.6 Å². The van der Waals surface area contributed by atoms with Gasteiger partial charge < -0.3 is 5.11 Å². The van der Waals surface area contributed by atoms with E-state index in [1.807, 2.05) is 23.9 Å². The third kappa shape index (κ3) is 4.69. The fourth-order valence-corrected chi connectivity index (χ4v) is 3.77.